The lowest BCUT2D eigenvalue weighted by molar-refractivity contribution is -0.153. The largest absolute Gasteiger partial charge is 0.481 e. The number of alkyl carbamates (subject to hydrolysis) is 1. The van der Waals surface area contributed by atoms with Gasteiger partial charge in [-0.3, -0.25) is 9.59 Å². The lowest BCUT2D eigenvalue weighted by atomic mass is 9.76. The van der Waals surface area contributed by atoms with Gasteiger partial charge in [0.1, 0.15) is 12.2 Å². The minimum absolute atomic E-state index is 0.0480. The molecular weight excluding hydrogens is 340 g/mol. The SMILES string of the molecule is C[C@H]1CN(C[C@@H](NC(=O)OC(C)(C)C)C(C(=O)O)C(C)(C)C)C(=O)CO1. The molecule has 0 aromatic carbocycles. The fourth-order valence-corrected chi connectivity index (χ4v) is 3.02. The van der Waals surface area contributed by atoms with E-state index in [1.807, 2.05) is 6.92 Å². The van der Waals surface area contributed by atoms with Crippen LogP contribution in [0.5, 0.6) is 0 Å². The topological polar surface area (TPSA) is 105 Å². The minimum atomic E-state index is -1.03. The van der Waals surface area contributed by atoms with Gasteiger partial charge in [0, 0.05) is 13.1 Å². The van der Waals surface area contributed by atoms with E-state index in [1.165, 1.54) is 4.90 Å². The quantitative estimate of drug-likeness (QED) is 0.763. The van der Waals surface area contributed by atoms with Crippen LogP contribution < -0.4 is 5.32 Å². The number of nitrogens with one attached hydrogen (secondary N) is 1. The van der Waals surface area contributed by atoms with Gasteiger partial charge in [-0.2, -0.15) is 0 Å². The highest BCUT2D eigenvalue weighted by atomic mass is 16.6. The number of ether oxygens (including phenoxy) is 2. The molecule has 0 saturated carbocycles. The Morgan fingerprint density at radius 1 is 1.31 bits per heavy atom. The molecule has 26 heavy (non-hydrogen) atoms. The average Bonchev–Trinajstić information content (AvgIpc) is 2.38. The number of aliphatic carboxylic acids is 1. The summed E-state index contributed by atoms with van der Waals surface area (Å²) in [4.78, 5) is 37.9. The number of hydrogen-bond donors (Lipinski definition) is 2. The van der Waals surface area contributed by atoms with Crippen LogP contribution in [0, 0.1) is 11.3 Å². The first-order chi connectivity index (χ1) is 11.7. The van der Waals surface area contributed by atoms with E-state index >= 15 is 0 Å². The van der Waals surface area contributed by atoms with Crippen LogP contribution in [0.4, 0.5) is 4.79 Å². The second-order valence-electron chi connectivity index (χ2n) is 8.85. The Morgan fingerprint density at radius 3 is 2.35 bits per heavy atom. The number of hydrogen-bond acceptors (Lipinski definition) is 5. The Balaban J connectivity index is 3.05. The number of rotatable bonds is 5. The maximum absolute atomic E-state index is 12.3. The van der Waals surface area contributed by atoms with Crippen molar-refractivity contribution in [3.8, 4) is 0 Å². The summed E-state index contributed by atoms with van der Waals surface area (Å²) in [5, 5.41) is 12.4. The van der Waals surface area contributed by atoms with Crippen molar-refractivity contribution in [3.63, 3.8) is 0 Å². The standard InChI is InChI=1S/C18H32N2O6/c1-11-8-20(13(21)10-25-11)9-12(14(15(22)23)17(2,3)4)19-16(24)26-18(5,6)7/h11-12,14H,8-10H2,1-7H3,(H,19,24)(H,22,23)/t11-,12+,14?/m0/s1. The summed E-state index contributed by atoms with van der Waals surface area (Å²) in [5.74, 6) is -2.16. The second kappa shape index (κ2) is 8.24. The number of carbonyl (C=O) groups excluding carboxylic acids is 2. The van der Waals surface area contributed by atoms with E-state index in [0.717, 1.165) is 0 Å². The van der Waals surface area contributed by atoms with Gasteiger partial charge in [0.2, 0.25) is 5.91 Å². The molecule has 0 aromatic rings. The predicted octanol–water partition coefficient (Wildman–Crippen LogP) is 1.87. The molecule has 0 bridgehead atoms. The Hall–Kier alpha value is -1.83. The van der Waals surface area contributed by atoms with Crippen LogP contribution in [0.3, 0.4) is 0 Å². The molecule has 8 nitrogen and oxygen atoms in total. The number of amides is 2. The third-order valence-electron chi connectivity index (χ3n) is 4.04. The highest BCUT2D eigenvalue weighted by molar-refractivity contribution is 5.79. The van der Waals surface area contributed by atoms with E-state index in [2.05, 4.69) is 5.32 Å². The summed E-state index contributed by atoms with van der Waals surface area (Å²) < 4.78 is 10.6. The number of carboxylic acid groups (broad SMARTS) is 1. The molecule has 2 N–H and O–H groups in total. The first-order valence-corrected chi connectivity index (χ1v) is 8.82. The van der Waals surface area contributed by atoms with Crippen LogP contribution in [0.15, 0.2) is 0 Å². The summed E-state index contributed by atoms with van der Waals surface area (Å²) in [6.07, 6.45) is -0.848. The first kappa shape index (κ1) is 22.2. The molecule has 1 saturated heterocycles. The van der Waals surface area contributed by atoms with Gasteiger partial charge in [-0.25, -0.2) is 4.79 Å². The smallest absolute Gasteiger partial charge is 0.407 e. The van der Waals surface area contributed by atoms with Gasteiger partial charge >= 0.3 is 12.1 Å². The van der Waals surface area contributed by atoms with E-state index in [1.54, 1.807) is 41.5 Å². The molecule has 0 aliphatic carbocycles. The molecule has 1 rings (SSSR count). The zero-order valence-electron chi connectivity index (χ0n) is 16.8. The third-order valence-corrected chi connectivity index (χ3v) is 4.04. The summed E-state index contributed by atoms with van der Waals surface area (Å²) in [5.41, 5.74) is -1.34. The molecule has 8 heteroatoms. The normalized spacial score (nSPS) is 21.1. The lowest BCUT2D eigenvalue weighted by Crippen LogP contribution is -2.57. The van der Waals surface area contributed by atoms with E-state index in [0.29, 0.717) is 6.54 Å². The molecule has 0 spiro atoms. The second-order valence-corrected chi connectivity index (χ2v) is 8.85. The lowest BCUT2D eigenvalue weighted by Gasteiger charge is -2.39. The molecular formula is C18H32N2O6. The highest BCUT2D eigenvalue weighted by Crippen LogP contribution is 2.30. The van der Waals surface area contributed by atoms with Crippen LogP contribution in [0.25, 0.3) is 0 Å². The van der Waals surface area contributed by atoms with E-state index in [9.17, 15) is 19.5 Å². The molecule has 0 aromatic heterocycles. The van der Waals surface area contributed by atoms with Crippen molar-refractivity contribution in [2.24, 2.45) is 11.3 Å². The van der Waals surface area contributed by atoms with Gasteiger partial charge in [0.05, 0.1) is 18.1 Å². The van der Waals surface area contributed by atoms with E-state index in [4.69, 9.17) is 9.47 Å². The van der Waals surface area contributed by atoms with Crippen LogP contribution in [-0.4, -0.2) is 65.4 Å². The Morgan fingerprint density at radius 2 is 1.88 bits per heavy atom. The predicted molar refractivity (Wildman–Crippen MR) is 95.7 cm³/mol. The molecule has 3 atom stereocenters. The van der Waals surface area contributed by atoms with Crippen molar-refractivity contribution < 1.29 is 29.0 Å². The molecule has 1 aliphatic rings. The van der Waals surface area contributed by atoms with Crippen molar-refractivity contribution in [3.05, 3.63) is 0 Å². The van der Waals surface area contributed by atoms with E-state index in [-0.39, 0.29) is 25.2 Å². The summed E-state index contributed by atoms with van der Waals surface area (Å²) in [6, 6.07) is -0.795. The fraction of sp³-hybridized carbons (Fsp3) is 0.833. The van der Waals surface area contributed by atoms with Gasteiger partial charge < -0.3 is 24.8 Å². The Bertz CT molecular complexity index is 535. The zero-order chi connectivity index (χ0) is 20.3. The van der Waals surface area contributed by atoms with Gasteiger partial charge in [-0.05, 0) is 33.1 Å². The average molecular weight is 372 g/mol. The van der Waals surface area contributed by atoms with Crippen molar-refractivity contribution in [2.45, 2.75) is 66.2 Å². The van der Waals surface area contributed by atoms with Crippen molar-refractivity contribution in [2.75, 3.05) is 19.7 Å². The zero-order valence-corrected chi connectivity index (χ0v) is 16.8. The van der Waals surface area contributed by atoms with Crippen molar-refractivity contribution in [1.82, 2.24) is 10.2 Å². The number of carboxylic acids is 1. The van der Waals surface area contributed by atoms with Crippen LogP contribution in [0.2, 0.25) is 0 Å². The molecule has 1 fully saturated rings. The minimum Gasteiger partial charge on any atom is -0.481 e. The van der Waals surface area contributed by atoms with E-state index < -0.39 is 35.0 Å². The molecule has 1 aliphatic heterocycles. The van der Waals surface area contributed by atoms with Crippen molar-refractivity contribution >= 4 is 18.0 Å². The summed E-state index contributed by atoms with van der Waals surface area (Å²) >= 11 is 0. The van der Waals surface area contributed by atoms with Crippen LogP contribution >= 0.6 is 0 Å². The van der Waals surface area contributed by atoms with Gasteiger partial charge in [0.15, 0.2) is 0 Å². The molecule has 1 unspecified atom stereocenters. The summed E-state index contributed by atoms with van der Waals surface area (Å²) in [7, 11) is 0. The molecule has 2 amide bonds. The molecule has 1 heterocycles. The maximum atomic E-state index is 12.3. The van der Waals surface area contributed by atoms with Crippen LogP contribution in [0.1, 0.15) is 48.5 Å². The number of morpholine rings is 1. The Kier molecular flexibility index (Phi) is 7.04. The van der Waals surface area contributed by atoms with Crippen molar-refractivity contribution in [1.29, 1.82) is 0 Å². The Labute approximate surface area is 155 Å². The molecule has 150 valence electrons. The highest BCUT2D eigenvalue weighted by Gasteiger charge is 2.41. The monoisotopic (exact) mass is 372 g/mol. The first-order valence-electron chi connectivity index (χ1n) is 8.82. The fourth-order valence-electron chi connectivity index (χ4n) is 3.02. The number of nitrogens with zero attached hydrogens (tertiary/aromatic N) is 1. The van der Waals surface area contributed by atoms with Gasteiger partial charge in [-0.1, -0.05) is 20.8 Å². The van der Waals surface area contributed by atoms with Gasteiger partial charge in [0.25, 0.3) is 0 Å². The van der Waals surface area contributed by atoms with Gasteiger partial charge in [-0.15, -0.1) is 0 Å². The number of carbonyl (C=O) groups is 3. The molecule has 0 radical (unpaired) electrons. The maximum Gasteiger partial charge on any atom is 0.407 e. The summed E-state index contributed by atoms with van der Waals surface area (Å²) in [6.45, 7) is 12.8. The van der Waals surface area contributed by atoms with Crippen LogP contribution in [-0.2, 0) is 19.1 Å². The third kappa shape index (κ3) is 6.82.